The van der Waals surface area contributed by atoms with Gasteiger partial charge in [-0.2, -0.15) is 5.26 Å². The van der Waals surface area contributed by atoms with Gasteiger partial charge in [-0.3, -0.25) is 19.2 Å². The molecule has 5 N–H and O–H groups in total. The van der Waals surface area contributed by atoms with E-state index >= 15 is 0 Å². The molecule has 0 spiro atoms. The average Bonchev–Trinajstić information content (AvgIpc) is 2.78. The smallest absolute Gasteiger partial charge is 0.243 e. The monoisotopic (exact) mass is 433 g/mol. The van der Waals surface area contributed by atoms with Gasteiger partial charge in [0.15, 0.2) is 0 Å². The molecular weight excluding hydrogens is 410 g/mol. The number of carbonyl (C=O) groups excluding carboxylic acids is 4. The Bertz CT molecular complexity index is 1050. The topological polar surface area (TPSA) is 154 Å². The number of amides is 4. The summed E-state index contributed by atoms with van der Waals surface area (Å²) in [4.78, 5) is 49.1. The number of piperazine rings is 1. The number of carbonyl (C=O) groups is 4. The molecule has 2 aromatic rings. The first-order valence-corrected chi connectivity index (χ1v) is 10.1. The largest absolute Gasteiger partial charge is 0.368 e. The van der Waals surface area contributed by atoms with Crippen molar-refractivity contribution in [1.29, 1.82) is 5.26 Å². The van der Waals surface area contributed by atoms with E-state index in [9.17, 15) is 19.2 Å². The van der Waals surface area contributed by atoms with E-state index in [1.54, 1.807) is 24.3 Å². The highest BCUT2D eigenvalue weighted by atomic mass is 16.2. The molecule has 1 fully saturated rings. The molecule has 2 aromatic carbocycles. The van der Waals surface area contributed by atoms with Crippen molar-refractivity contribution in [2.45, 2.75) is 37.4 Å². The van der Waals surface area contributed by atoms with Crippen molar-refractivity contribution in [2.75, 3.05) is 0 Å². The molecule has 1 aliphatic heterocycles. The number of nitrogens with two attached hydrogens (primary N) is 1. The van der Waals surface area contributed by atoms with Crippen molar-refractivity contribution >= 4 is 23.6 Å². The van der Waals surface area contributed by atoms with Gasteiger partial charge >= 0.3 is 0 Å². The maximum absolute atomic E-state index is 12.4. The van der Waals surface area contributed by atoms with E-state index in [2.05, 4.69) is 16.0 Å². The standard InChI is InChI=1S/C23H23N5O4/c24-13-16-8-6-15(7-9-16)10-17(21(25)30)26-20(29)12-19-23(32)27-18(22(31)28-19)11-14-4-2-1-3-5-14/h1-9,17-19H,10-12H2,(H2,25,30)(H,26,29)(H,27,32)(H,28,31)/t17-,18+,19+/m1/s1. The summed E-state index contributed by atoms with van der Waals surface area (Å²) < 4.78 is 0. The van der Waals surface area contributed by atoms with Gasteiger partial charge in [0.25, 0.3) is 0 Å². The second-order valence-corrected chi connectivity index (χ2v) is 7.55. The van der Waals surface area contributed by atoms with Crippen LogP contribution >= 0.6 is 0 Å². The second-order valence-electron chi connectivity index (χ2n) is 7.55. The maximum atomic E-state index is 12.4. The molecule has 164 valence electrons. The summed E-state index contributed by atoms with van der Waals surface area (Å²) >= 11 is 0. The van der Waals surface area contributed by atoms with Gasteiger partial charge in [0.1, 0.15) is 18.1 Å². The number of primary amides is 1. The minimum atomic E-state index is -1.04. The third kappa shape index (κ3) is 5.92. The molecule has 0 unspecified atom stereocenters. The van der Waals surface area contributed by atoms with Crippen LogP contribution in [-0.2, 0) is 32.0 Å². The quantitative estimate of drug-likeness (QED) is 0.449. The van der Waals surface area contributed by atoms with Crippen LogP contribution in [-0.4, -0.2) is 41.8 Å². The van der Waals surface area contributed by atoms with Gasteiger partial charge in [0.2, 0.25) is 23.6 Å². The van der Waals surface area contributed by atoms with Crippen LogP contribution in [0.4, 0.5) is 0 Å². The number of benzene rings is 2. The third-order valence-electron chi connectivity index (χ3n) is 5.14. The first-order valence-electron chi connectivity index (χ1n) is 10.1. The number of rotatable bonds is 8. The first kappa shape index (κ1) is 22.5. The van der Waals surface area contributed by atoms with Gasteiger partial charge in [-0.25, -0.2) is 0 Å². The van der Waals surface area contributed by atoms with Crippen LogP contribution in [0, 0.1) is 11.3 Å². The Morgan fingerprint density at radius 2 is 1.59 bits per heavy atom. The van der Waals surface area contributed by atoms with Crippen LogP contribution in [0.25, 0.3) is 0 Å². The third-order valence-corrected chi connectivity index (χ3v) is 5.14. The van der Waals surface area contributed by atoms with Crippen molar-refractivity contribution in [2.24, 2.45) is 5.73 Å². The Labute approximate surface area is 185 Å². The lowest BCUT2D eigenvalue weighted by atomic mass is 10.0. The zero-order valence-electron chi connectivity index (χ0n) is 17.2. The molecule has 3 rings (SSSR count). The summed E-state index contributed by atoms with van der Waals surface area (Å²) in [5.41, 5.74) is 7.49. The summed E-state index contributed by atoms with van der Waals surface area (Å²) in [5, 5.41) is 16.6. The van der Waals surface area contributed by atoms with Gasteiger partial charge in [-0.1, -0.05) is 42.5 Å². The molecule has 3 atom stereocenters. The average molecular weight is 433 g/mol. The molecule has 32 heavy (non-hydrogen) atoms. The number of hydrogen-bond donors (Lipinski definition) is 4. The summed E-state index contributed by atoms with van der Waals surface area (Å²) in [6, 6.07) is 15.0. The molecule has 1 heterocycles. The fraction of sp³-hybridized carbons (Fsp3) is 0.261. The van der Waals surface area contributed by atoms with Crippen LogP contribution in [0.3, 0.4) is 0 Å². The molecular formula is C23H23N5O4. The van der Waals surface area contributed by atoms with Crippen LogP contribution in [0.15, 0.2) is 54.6 Å². The van der Waals surface area contributed by atoms with Crippen molar-refractivity contribution < 1.29 is 19.2 Å². The van der Waals surface area contributed by atoms with E-state index in [1.807, 2.05) is 36.4 Å². The molecule has 9 nitrogen and oxygen atoms in total. The van der Waals surface area contributed by atoms with Crippen LogP contribution < -0.4 is 21.7 Å². The molecule has 0 radical (unpaired) electrons. The highest BCUT2D eigenvalue weighted by Crippen LogP contribution is 2.10. The second kappa shape index (κ2) is 10.2. The molecule has 0 bridgehead atoms. The zero-order valence-corrected chi connectivity index (χ0v) is 17.2. The minimum Gasteiger partial charge on any atom is -0.368 e. The van der Waals surface area contributed by atoms with Crippen LogP contribution in [0.5, 0.6) is 0 Å². The summed E-state index contributed by atoms with van der Waals surface area (Å²) in [6.07, 6.45) is 0.146. The summed E-state index contributed by atoms with van der Waals surface area (Å²) in [6.45, 7) is 0. The molecule has 1 aliphatic rings. The summed E-state index contributed by atoms with van der Waals surface area (Å²) in [7, 11) is 0. The number of nitriles is 1. The van der Waals surface area contributed by atoms with Gasteiger partial charge in [-0.05, 0) is 23.3 Å². The molecule has 1 saturated heterocycles. The number of hydrogen-bond acceptors (Lipinski definition) is 5. The van der Waals surface area contributed by atoms with E-state index in [0.29, 0.717) is 17.5 Å². The molecule has 0 saturated carbocycles. The Balaban J connectivity index is 1.55. The fourth-order valence-electron chi connectivity index (χ4n) is 3.43. The SMILES string of the molecule is N#Cc1ccc(C[C@@H](NC(=O)C[C@@H]2NC(=O)[C@H](Cc3ccccc3)NC2=O)C(N)=O)cc1. The van der Waals surface area contributed by atoms with Gasteiger partial charge in [0.05, 0.1) is 18.1 Å². The number of nitrogens with one attached hydrogen (secondary N) is 3. The first-order chi connectivity index (χ1) is 15.4. The minimum absolute atomic E-state index is 0.134. The predicted octanol–water partition coefficient (Wildman–Crippen LogP) is -0.313. The Kier molecular flexibility index (Phi) is 7.18. The fourth-order valence-corrected chi connectivity index (χ4v) is 3.43. The van der Waals surface area contributed by atoms with Crippen LogP contribution in [0.2, 0.25) is 0 Å². The Morgan fingerprint density at radius 1 is 0.969 bits per heavy atom. The molecule has 0 aromatic heterocycles. The van der Waals surface area contributed by atoms with E-state index in [0.717, 1.165) is 5.56 Å². The summed E-state index contributed by atoms with van der Waals surface area (Å²) in [5.74, 6) is -2.18. The van der Waals surface area contributed by atoms with Gasteiger partial charge < -0.3 is 21.7 Å². The van der Waals surface area contributed by atoms with E-state index in [1.165, 1.54) is 0 Å². The molecule has 0 aliphatic carbocycles. The zero-order chi connectivity index (χ0) is 23.1. The Hall–Kier alpha value is -4.19. The molecule has 4 amide bonds. The van der Waals surface area contributed by atoms with E-state index in [4.69, 9.17) is 11.0 Å². The van der Waals surface area contributed by atoms with Gasteiger partial charge in [-0.15, -0.1) is 0 Å². The van der Waals surface area contributed by atoms with Crippen molar-refractivity contribution in [3.8, 4) is 6.07 Å². The highest BCUT2D eigenvalue weighted by Gasteiger charge is 2.35. The van der Waals surface area contributed by atoms with E-state index < -0.39 is 35.8 Å². The normalized spacial score (nSPS) is 18.6. The van der Waals surface area contributed by atoms with Crippen LogP contribution in [0.1, 0.15) is 23.1 Å². The van der Waals surface area contributed by atoms with Gasteiger partial charge in [0, 0.05) is 12.8 Å². The lowest BCUT2D eigenvalue weighted by Crippen LogP contribution is -2.63. The predicted molar refractivity (Wildman–Crippen MR) is 115 cm³/mol. The van der Waals surface area contributed by atoms with Crippen molar-refractivity contribution in [3.05, 3.63) is 71.3 Å². The van der Waals surface area contributed by atoms with Crippen molar-refractivity contribution in [1.82, 2.24) is 16.0 Å². The lowest BCUT2D eigenvalue weighted by molar-refractivity contribution is -0.138. The molecule has 9 heteroatoms. The van der Waals surface area contributed by atoms with E-state index in [-0.39, 0.29) is 18.7 Å². The number of nitrogens with zero attached hydrogens (tertiary/aromatic N) is 1. The van der Waals surface area contributed by atoms with Crippen molar-refractivity contribution in [3.63, 3.8) is 0 Å². The maximum Gasteiger partial charge on any atom is 0.243 e. The lowest BCUT2D eigenvalue weighted by Gasteiger charge is -2.29. The highest BCUT2D eigenvalue weighted by molar-refractivity contribution is 5.99. The Morgan fingerprint density at radius 3 is 2.22 bits per heavy atom.